The fourth-order valence-electron chi connectivity index (χ4n) is 2.30. The predicted octanol–water partition coefficient (Wildman–Crippen LogP) is 2.79. The fourth-order valence-corrected chi connectivity index (χ4v) is 2.30. The molecule has 0 saturated heterocycles. The molecule has 2 amide bonds. The first-order valence-corrected chi connectivity index (χ1v) is 7.92. The number of hydrogen-bond donors (Lipinski definition) is 2. The van der Waals surface area contributed by atoms with E-state index in [2.05, 4.69) is 15.8 Å². The SMILES string of the molecule is Cc1cc(C)cc(NC(=O)CO/N=C\C(=O)Nc2cccc([N+](=O)[O-])c2)c1. The number of non-ortho nitro benzene ring substituents is 1. The minimum Gasteiger partial charge on any atom is -0.385 e. The summed E-state index contributed by atoms with van der Waals surface area (Å²) in [7, 11) is 0. The molecular formula is C18H18N4O5. The Labute approximate surface area is 155 Å². The van der Waals surface area contributed by atoms with Crippen molar-refractivity contribution in [1.29, 1.82) is 0 Å². The highest BCUT2D eigenvalue weighted by Gasteiger charge is 2.07. The maximum atomic E-state index is 11.8. The molecule has 0 atom stereocenters. The van der Waals surface area contributed by atoms with Gasteiger partial charge in [0.15, 0.2) is 6.61 Å². The number of carbonyl (C=O) groups is 2. The number of aryl methyl sites for hydroxylation is 2. The van der Waals surface area contributed by atoms with Crippen LogP contribution in [-0.2, 0) is 14.4 Å². The number of nitrogens with one attached hydrogen (secondary N) is 2. The molecule has 2 aromatic rings. The molecule has 0 aliphatic heterocycles. The van der Waals surface area contributed by atoms with Crippen molar-refractivity contribution in [3.63, 3.8) is 0 Å². The zero-order chi connectivity index (χ0) is 19.8. The van der Waals surface area contributed by atoms with Gasteiger partial charge in [0.2, 0.25) is 0 Å². The van der Waals surface area contributed by atoms with Gasteiger partial charge in [0.25, 0.3) is 17.5 Å². The van der Waals surface area contributed by atoms with Gasteiger partial charge in [0.1, 0.15) is 6.21 Å². The van der Waals surface area contributed by atoms with E-state index in [1.54, 1.807) is 0 Å². The molecule has 0 saturated carbocycles. The van der Waals surface area contributed by atoms with Gasteiger partial charge in [0.05, 0.1) is 4.92 Å². The number of anilines is 2. The van der Waals surface area contributed by atoms with Crippen LogP contribution in [0.25, 0.3) is 0 Å². The smallest absolute Gasteiger partial charge is 0.271 e. The lowest BCUT2D eigenvalue weighted by atomic mass is 10.1. The normalized spacial score (nSPS) is 10.4. The minimum atomic E-state index is -0.648. The number of hydrogen-bond acceptors (Lipinski definition) is 6. The second kappa shape index (κ2) is 9.09. The molecule has 0 unspecified atom stereocenters. The van der Waals surface area contributed by atoms with E-state index in [1.165, 1.54) is 24.3 Å². The first kappa shape index (κ1) is 19.6. The Morgan fingerprint density at radius 3 is 2.48 bits per heavy atom. The summed E-state index contributed by atoms with van der Waals surface area (Å²) in [5, 5.41) is 19.2. The molecule has 2 rings (SSSR count). The van der Waals surface area contributed by atoms with E-state index < -0.39 is 16.7 Å². The summed E-state index contributed by atoms with van der Waals surface area (Å²) in [6, 6.07) is 11.1. The van der Waals surface area contributed by atoms with Gasteiger partial charge < -0.3 is 15.5 Å². The molecule has 0 fully saturated rings. The summed E-state index contributed by atoms with van der Waals surface area (Å²) < 4.78 is 0. The van der Waals surface area contributed by atoms with E-state index in [0.29, 0.717) is 5.69 Å². The van der Waals surface area contributed by atoms with Gasteiger partial charge in [-0.2, -0.15) is 0 Å². The number of nitro benzene ring substituents is 1. The van der Waals surface area contributed by atoms with Gasteiger partial charge in [-0.15, -0.1) is 0 Å². The number of benzene rings is 2. The first-order valence-electron chi connectivity index (χ1n) is 7.92. The lowest BCUT2D eigenvalue weighted by molar-refractivity contribution is -0.384. The summed E-state index contributed by atoms with van der Waals surface area (Å²) >= 11 is 0. The Morgan fingerprint density at radius 1 is 1.11 bits per heavy atom. The monoisotopic (exact) mass is 370 g/mol. The van der Waals surface area contributed by atoms with Gasteiger partial charge in [-0.25, -0.2) is 0 Å². The molecule has 9 heteroatoms. The van der Waals surface area contributed by atoms with E-state index >= 15 is 0 Å². The highest BCUT2D eigenvalue weighted by Crippen LogP contribution is 2.16. The molecule has 140 valence electrons. The van der Waals surface area contributed by atoms with Crippen molar-refractivity contribution in [2.24, 2.45) is 5.16 Å². The van der Waals surface area contributed by atoms with Crippen molar-refractivity contribution in [3.8, 4) is 0 Å². The Hall–Kier alpha value is -3.75. The van der Waals surface area contributed by atoms with Crippen LogP contribution in [0.1, 0.15) is 11.1 Å². The molecule has 0 bridgehead atoms. The van der Waals surface area contributed by atoms with Gasteiger partial charge in [0, 0.05) is 23.5 Å². The number of oxime groups is 1. The quantitative estimate of drug-likeness (QED) is 0.441. The third kappa shape index (κ3) is 6.58. The molecule has 0 heterocycles. The largest absolute Gasteiger partial charge is 0.385 e. The number of carbonyl (C=O) groups excluding carboxylic acids is 2. The predicted molar refractivity (Wildman–Crippen MR) is 101 cm³/mol. The molecule has 0 radical (unpaired) electrons. The minimum absolute atomic E-state index is 0.149. The number of nitro groups is 1. The molecule has 2 N–H and O–H groups in total. The molecule has 9 nitrogen and oxygen atoms in total. The van der Waals surface area contributed by atoms with Crippen LogP contribution in [-0.4, -0.2) is 29.6 Å². The highest BCUT2D eigenvalue weighted by atomic mass is 16.6. The standard InChI is InChI=1S/C18H18N4O5/c1-12-6-13(2)8-15(7-12)21-18(24)11-27-19-10-17(23)20-14-4-3-5-16(9-14)22(25)26/h3-10H,11H2,1-2H3,(H,20,23)(H,21,24)/b19-10-. The topological polar surface area (TPSA) is 123 Å². The van der Waals surface area contributed by atoms with Crippen molar-refractivity contribution in [2.45, 2.75) is 13.8 Å². The summed E-state index contributed by atoms with van der Waals surface area (Å²) in [6.45, 7) is 3.47. The molecule has 0 aliphatic carbocycles. The molecule has 0 aromatic heterocycles. The second-order valence-electron chi connectivity index (χ2n) is 5.73. The van der Waals surface area contributed by atoms with E-state index in [0.717, 1.165) is 17.3 Å². The van der Waals surface area contributed by atoms with Crippen LogP contribution < -0.4 is 10.6 Å². The molecule has 0 aliphatic rings. The molecule has 27 heavy (non-hydrogen) atoms. The van der Waals surface area contributed by atoms with E-state index in [-0.39, 0.29) is 18.0 Å². The van der Waals surface area contributed by atoms with Gasteiger partial charge in [-0.1, -0.05) is 17.3 Å². The van der Waals surface area contributed by atoms with Crippen molar-refractivity contribution in [3.05, 3.63) is 63.7 Å². The average Bonchev–Trinajstić information content (AvgIpc) is 2.58. The zero-order valence-corrected chi connectivity index (χ0v) is 14.8. The zero-order valence-electron chi connectivity index (χ0n) is 14.8. The van der Waals surface area contributed by atoms with E-state index in [4.69, 9.17) is 4.84 Å². The van der Waals surface area contributed by atoms with Crippen molar-refractivity contribution < 1.29 is 19.3 Å². The van der Waals surface area contributed by atoms with Crippen LogP contribution in [0.3, 0.4) is 0 Å². The van der Waals surface area contributed by atoms with Crippen molar-refractivity contribution in [1.82, 2.24) is 0 Å². The summed E-state index contributed by atoms with van der Waals surface area (Å²) in [5.74, 6) is -1.07. The Balaban J connectivity index is 1.79. The fraction of sp³-hybridized carbons (Fsp3) is 0.167. The Morgan fingerprint density at radius 2 is 1.81 bits per heavy atom. The second-order valence-corrected chi connectivity index (χ2v) is 5.73. The molecule has 2 aromatic carbocycles. The van der Waals surface area contributed by atoms with Crippen LogP contribution in [0, 0.1) is 24.0 Å². The van der Waals surface area contributed by atoms with Crippen molar-refractivity contribution in [2.75, 3.05) is 17.2 Å². The van der Waals surface area contributed by atoms with Gasteiger partial charge in [-0.3, -0.25) is 19.7 Å². The lowest BCUT2D eigenvalue weighted by Crippen LogP contribution is -2.18. The molecular weight excluding hydrogens is 352 g/mol. The van der Waals surface area contributed by atoms with Crippen LogP contribution in [0.15, 0.2) is 47.6 Å². The van der Waals surface area contributed by atoms with E-state index in [9.17, 15) is 19.7 Å². The maximum absolute atomic E-state index is 11.8. The maximum Gasteiger partial charge on any atom is 0.271 e. The Kier molecular flexibility index (Phi) is 6.59. The average molecular weight is 370 g/mol. The van der Waals surface area contributed by atoms with Crippen LogP contribution in [0.4, 0.5) is 17.1 Å². The number of rotatable bonds is 7. The van der Waals surface area contributed by atoms with Crippen LogP contribution in [0.2, 0.25) is 0 Å². The van der Waals surface area contributed by atoms with Gasteiger partial charge >= 0.3 is 0 Å². The van der Waals surface area contributed by atoms with E-state index in [1.807, 2.05) is 32.0 Å². The summed E-state index contributed by atoms with van der Waals surface area (Å²) in [6.07, 6.45) is 0.836. The first-order chi connectivity index (χ1) is 12.8. The number of nitrogens with zero attached hydrogens (tertiary/aromatic N) is 2. The third-order valence-corrected chi connectivity index (χ3v) is 3.27. The third-order valence-electron chi connectivity index (χ3n) is 3.27. The van der Waals surface area contributed by atoms with Gasteiger partial charge in [-0.05, 0) is 43.2 Å². The van der Waals surface area contributed by atoms with Crippen LogP contribution in [0.5, 0.6) is 0 Å². The molecule has 0 spiro atoms. The van der Waals surface area contributed by atoms with Crippen LogP contribution >= 0.6 is 0 Å². The van der Waals surface area contributed by atoms with Crippen molar-refractivity contribution >= 4 is 35.1 Å². The summed E-state index contributed by atoms with van der Waals surface area (Å²) in [4.78, 5) is 38.4. The highest BCUT2D eigenvalue weighted by molar-refractivity contribution is 6.31. The lowest BCUT2D eigenvalue weighted by Gasteiger charge is -2.06. The Bertz CT molecular complexity index is 875. The summed E-state index contributed by atoms with van der Waals surface area (Å²) in [5.41, 5.74) is 2.77. The number of amides is 2.